The fourth-order valence-electron chi connectivity index (χ4n) is 1.83. The minimum absolute atomic E-state index is 0.279. The molecule has 0 radical (unpaired) electrons. The Morgan fingerprint density at radius 1 is 1.61 bits per heavy atom. The molecule has 0 fully saturated rings. The first-order valence-corrected chi connectivity index (χ1v) is 6.11. The van der Waals surface area contributed by atoms with Crippen molar-refractivity contribution >= 4 is 11.7 Å². The van der Waals surface area contributed by atoms with Crippen LogP contribution in [0.1, 0.15) is 48.9 Å². The number of aromatic nitrogens is 2. The van der Waals surface area contributed by atoms with E-state index in [0.717, 1.165) is 18.5 Å². The number of H-pyrrole nitrogens is 1. The molecule has 2 aromatic rings. The van der Waals surface area contributed by atoms with Gasteiger partial charge in [0.05, 0.1) is 6.26 Å². The van der Waals surface area contributed by atoms with Crippen molar-refractivity contribution in [2.75, 3.05) is 5.32 Å². The Kier molecular flexibility index (Phi) is 3.82. The molecule has 0 saturated carbocycles. The number of furan rings is 1. The number of nitrogens with zero attached hydrogens (tertiary/aromatic N) is 1. The zero-order valence-corrected chi connectivity index (χ0v) is 10.6. The Balaban J connectivity index is 2.00. The van der Waals surface area contributed by atoms with Gasteiger partial charge in [0.25, 0.3) is 5.91 Å². The van der Waals surface area contributed by atoms with Crippen LogP contribution in [0.3, 0.4) is 0 Å². The number of carbonyl (C=O) groups is 1. The Hall–Kier alpha value is -2.04. The number of carbonyl (C=O) groups excluding carboxylic acids is 1. The molecule has 0 aliphatic heterocycles. The largest absolute Gasteiger partial charge is 0.459 e. The number of hydrogen-bond donors (Lipinski definition) is 2. The summed E-state index contributed by atoms with van der Waals surface area (Å²) in [6.45, 7) is 4.28. The van der Waals surface area contributed by atoms with E-state index in [-0.39, 0.29) is 11.7 Å². The van der Waals surface area contributed by atoms with Crippen molar-refractivity contribution in [2.45, 2.75) is 32.6 Å². The second kappa shape index (κ2) is 5.53. The van der Waals surface area contributed by atoms with Gasteiger partial charge in [-0.2, -0.15) is 5.10 Å². The van der Waals surface area contributed by atoms with Gasteiger partial charge in [0, 0.05) is 11.8 Å². The first-order chi connectivity index (χ1) is 8.70. The third kappa shape index (κ3) is 2.80. The van der Waals surface area contributed by atoms with Gasteiger partial charge in [-0.05, 0) is 24.5 Å². The second-order valence-corrected chi connectivity index (χ2v) is 4.33. The third-order valence-electron chi connectivity index (χ3n) is 2.84. The van der Waals surface area contributed by atoms with E-state index in [9.17, 15) is 4.79 Å². The smallest absolute Gasteiger partial charge is 0.292 e. The summed E-state index contributed by atoms with van der Waals surface area (Å²) >= 11 is 0. The molecule has 0 aliphatic carbocycles. The molecule has 2 heterocycles. The van der Waals surface area contributed by atoms with Crippen LogP contribution in [0.5, 0.6) is 0 Å². The second-order valence-electron chi connectivity index (χ2n) is 4.33. The van der Waals surface area contributed by atoms with Crippen LogP contribution in [0.15, 0.2) is 28.9 Å². The minimum Gasteiger partial charge on any atom is -0.459 e. The number of hydrogen-bond acceptors (Lipinski definition) is 3. The predicted molar refractivity (Wildman–Crippen MR) is 68.6 cm³/mol. The first-order valence-electron chi connectivity index (χ1n) is 6.11. The van der Waals surface area contributed by atoms with Crippen molar-refractivity contribution in [1.29, 1.82) is 0 Å². The molecule has 1 amide bonds. The van der Waals surface area contributed by atoms with E-state index in [1.807, 2.05) is 6.07 Å². The molecule has 0 aliphatic rings. The number of anilines is 1. The summed E-state index contributed by atoms with van der Waals surface area (Å²) in [6.07, 6.45) is 3.68. The van der Waals surface area contributed by atoms with Gasteiger partial charge in [0.2, 0.25) is 0 Å². The maximum atomic E-state index is 11.7. The summed E-state index contributed by atoms with van der Waals surface area (Å²) < 4.78 is 5.01. The lowest BCUT2D eigenvalue weighted by Crippen LogP contribution is -2.10. The standard InChI is InChI=1S/C13H17N3O2/c1-3-5-9(2)10-8-12(16-15-10)14-13(17)11-6-4-7-18-11/h4,6-9H,3,5H2,1-2H3,(H2,14,15,16,17)/t9-/m0/s1. The molecular formula is C13H17N3O2. The van der Waals surface area contributed by atoms with Gasteiger partial charge in [0.15, 0.2) is 11.6 Å². The summed E-state index contributed by atoms with van der Waals surface area (Å²) in [5.41, 5.74) is 1.03. The topological polar surface area (TPSA) is 70.9 Å². The zero-order valence-electron chi connectivity index (χ0n) is 10.6. The number of rotatable bonds is 5. The summed E-state index contributed by atoms with van der Waals surface area (Å²) in [5.74, 6) is 0.925. The molecule has 5 nitrogen and oxygen atoms in total. The Morgan fingerprint density at radius 3 is 3.11 bits per heavy atom. The fraction of sp³-hybridized carbons (Fsp3) is 0.385. The summed E-state index contributed by atoms with van der Waals surface area (Å²) in [7, 11) is 0. The van der Waals surface area contributed by atoms with E-state index in [1.54, 1.807) is 12.1 Å². The van der Waals surface area contributed by atoms with Crippen molar-refractivity contribution in [3.63, 3.8) is 0 Å². The lowest BCUT2D eigenvalue weighted by molar-refractivity contribution is 0.0996. The van der Waals surface area contributed by atoms with Crippen LogP contribution >= 0.6 is 0 Å². The van der Waals surface area contributed by atoms with Gasteiger partial charge in [0.1, 0.15) is 0 Å². The monoisotopic (exact) mass is 247 g/mol. The quantitative estimate of drug-likeness (QED) is 0.852. The first kappa shape index (κ1) is 12.4. The van der Waals surface area contributed by atoms with Gasteiger partial charge >= 0.3 is 0 Å². The van der Waals surface area contributed by atoms with E-state index in [2.05, 4.69) is 29.4 Å². The van der Waals surface area contributed by atoms with Crippen LogP contribution in [0.2, 0.25) is 0 Å². The maximum absolute atomic E-state index is 11.7. The Bertz CT molecular complexity index is 502. The van der Waals surface area contributed by atoms with Crippen LogP contribution in [-0.4, -0.2) is 16.1 Å². The van der Waals surface area contributed by atoms with E-state index in [4.69, 9.17) is 4.42 Å². The van der Waals surface area contributed by atoms with Crippen LogP contribution in [0.25, 0.3) is 0 Å². The molecule has 0 aromatic carbocycles. The van der Waals surface area contributed by atoms with Crippen molar-refractivity contribution in [2.24, 2.45) is 0 Å². The van der Waals surface area contributed by atoms with Gasteiger partial charge in [-0.3, -0.25) is 9.89 Å². The number of aromatic amines is 1. The maximum Gasteiger partial charge on any atom is 0.292 e. The SMILES string of the molecule is CCC[C@H](C)c1cc(NC(=O)c2ccco2)n[nH]1. The normalized spacial score (nSPS) is 12.3. The number of amides is 1. The van der Waals surface area contributed by atoms with Gasteiger partial charge < -0.3 is 9.73 Å². The molecule has 2 N–H and O–H groups in total. The summed E-state index contributed by atoms with van der Waals surface area (Å²) in [6, 6.07) is 5.15. The molecule has 96 valence electrons. The molecule has 0 bridgehead atoms. The fourth-order valence-corrected chi connectivity index (χ4v) is 1.83. The molecule has 1 atom stereocenters. The average molecular weight is 247 g/mol. The van der Waals surface area contributed by atoms with Crippen LogP contribution in [0, 0.1) is 0 Å². The van der Waals surface area contributed by atoms with E-state index < -0.39 is 0 Å². The molecular weight excluding hydrogens is 230 g/mol. The molecule has 0 spiro atoms. The summed E-state index contributed by atoms with van der Waals surface area (Å²) in [4.78, 5) is 11.7. The molecule has 0 saturated heterocycles. The van der Waals surface area contributed by atoms with Gasteiger partial charge in [-0.15, -0.1) is 0 Å². The lowest BCUT2D eigenvalue weighted by Gasteiger charge is -2.05. The molecule has 18 heavy (non-hydrogen) atoms. The van der Waals surface area contributed by atoms with Crippen LogP contribution in [-0.2, 0) is 0 Å². The predicted octanol–water partition coefficient (Wildman–Crippen LogP) is 3.16. The van der Waals surface area contributed by atoms with Crippen molar-refractivity contribution in [3.8, 4) is 0 Å². The third-order valence-corrected chi connectivity index (χ3v) is 2.84. The van der Waals surface area contributed by atoms with Crippen LogP contribution < -0.4 is 5.32 Å². The summed E-state index contributed by atoms with van der Waals surface area (Å²) in [5, 5.41) is 9.70. The van der Waals surface area contributed by atoms with E-state index in [0.29, 0.717) is 11.7 Å². The molecule has 5 heteroatoms. The lowest BCUT2D eigenvalue weighted by atomic mass is 10.0. The van der Waals surface area contributed by atoms with Gasteiger partial charge in [-0.1, -0.05) is 20.3 Å². The Labute approximate surface area is 106 Å². The van der Waals surface area contributed by atoms with Gasteiger partial charge in [-0.25, -0.2) is 0 Å². The molecule has 2 rings (SSSR count). The average Bonchev–Trinajstić information content (AvgIpc) is 2.99. The van der Waals surface area contributed by atoms with Crippen LogP contribution in [0.4, 0.5) is 5.82 Å². The Morgan fingerprint density at radius 2 is 2.44 bits per heavy atom. The highest BCUT2D eigenvalue weighted by Crippen LogP contribution is 2.20. The molecule has 0 unspecified atom stereocenters. The van der Waals surface area contributed by atoms with Crippen molar-refractivity contribution in [3.05, 3.63) is 35.9 Å². The number of nitrogens with one attached hydrogen (secondary N) is 2. The van der Waals surface area contributed by atoms with Crippen molar-refractivity contribution in [1.82, 2.24) is 10.2 Å². The highest BCUT2D eigenvalue weighted by molar-refractivity contribution is 6.01. The zero-order chi connectivity index (χ0) is 13.0. The van der Waals surface area contributed by atoms with E-state index >= 15 is 0 Å². The minimum atomic E-state index is -0.291. The molecule has 2 aromatic heterocycles. The van der Waals surface area contributed by atoms with E-state index in [1.165, 1.54) is 6.26 Å². The highest BCUT2D eigenvalue weighted by atomic mass is 16.3. The highest BCUT2D eigenvalue weighted by Gasteiger charge is 2.12. The van der Waals surface area contributed by atoms with Crippen molar-refractivity contribution < 1.29 is 9.21 Å².